The summed E-state index contributed by atoms with van der Waals surface area (Å²) in [4.78, 5) is 8.06. The highest BCUT2D eigenvalue weighted by Crippen LogP contribution is 2.13. The molecule has 0 fully saturated rings. The molecule has 1 rings (SSSR count). The molecule has 90 valence electrons. The molecule has 2 N–H and O–H groups in total. The number of aromatic nitrogens is 2. The van der Waals surface area contributed by atoms with Crippen molar-refractivity contribution in [2.24, 2.45) is 0 Å². The van der Waals surface area contributed by atoms with Gasteiger partial charge in [-0.05, 0) is 0 Å². The number of thioether (sulfide) groups is 1. The van der Waals surface area contributed by atoms with Crippen molar-refractivity contribution in [1.29, 1.82) is 0 Å². The number of nitrogens with zero attached hydrogens (tertiary/aromatic N) is 2. The van der Waals surface area contributed by atoms with Gasteiger partial charge in [0.25, 0.3) is 0 Å². The van der Waals surface area contributed by atoms with E-state index in [0.29, 0.717) is 18.9 Å². The van der Waals surface area contributed by atoms with Crippen LogP contribution in [0.15, 0.2) is 23.6 Å². The van der Waals surface area contributed by atoms with Crippen molar-refractivity contribution in [2.45, 2.75) is 11.1 Å². The van der Waals surface area contributed by atoms with E-state index >= 15 is 0 Å². The highest BCUT2D eigenvalue weighted by Gasteiger charge is 2.04. The molecule has 1 atom stereocenters. The van der Waals surface area contributed by atoms with E-state index in [0.717, 1.165) is 11.6 Å². The van der Waals surface area contributed by atoms with Crippen LogP contribution < -0.4 is 5.32 Å². The van der Waals surface area contributed by atoms with Crippen LogP contribution in [0.25, 0.3) is 0 Å². The lowest BCUT2D eigenvalue weighted by atomic mass is 10.4. The van der Waals surface area contributed by atoms with E-state index in [1.807, 2.05) is 0 Å². The zero-order valence-electron chi connectivity index (χ0n) is 9.30. The van der Waals surface area contributed by atoms with Gasteiger partial charge in [-0.1, -0.05) is 0 Å². The summed E-state index contributed by atoms with van der Waals surface area (Å²) in [6.45, 7) is 1.98. The lowest BCUT2D eigenvalue weighted by molar-refractivity contribution is 0.175. The molecule has 6 heteroatoms. The third kappa shape index (κ3) is 6.02. The maximum absolute atomic E-state index is 9.64. The molecule has 0 aromatic carbocycles. The van der Waals surface area contributed by atoms with Crippen LogP contribution in [0.2, 0.25) is 0 Å². The highest BCUT2D eigenvalue weighted by molar-refractivity contribution is 7.99. The molecule has 0 saturated carbocycles. The van der Waals surface area contributed by atoms with Crippen molar-refractivity contribution < 1.29 is 9.84 Å². The van der Waals surface area contributed by atoms with Crippen LogP contribution in [0.5, 0.6) is 0 Å². The number of methoxy groups -OCH3 is 1. The van der Waals surface area contributed by atoms with Gasteiger partial charge in [0.2, 0.25) is 0 Å². The van der Waals surface area contributed by atoms with Gasteiger partial charge in [-0.25, -0.2) is 4.98 Å². The largest absolute Gasteiger partial charge is 0.391 e. The van der Waals surface area contributed by atoms with Crippen LogP contribution in [0.4, 0.5) is 0 Å². The lowest BCUT2D eigenvalue weighted by Gasteiger charge is -2.10. The molecule has 0 radical (unpaired) electrons. The Kier molecular flexibility index (Phi) is 7.07. The van der Waals surface area contributed by atoms with Gasteiger partial charge >= 0.3 is 0 Å². The topological polar surface area (TPSA) is 67.3 Å². The summed E-state index contributed by atoms with van der Waals surface area (Å²) >= 11 is 1.50. The molecular formula is C10H17N3O2S. The van der Waals surface area contributed by atoms with E-state index < -0.39 is 0 Å². The predicted molar refractivity (Wildman–Crippen MR) is 63.5 cm³/mol. The van der Waals surface area contributed by atoms with Crippen LogP contribution in [-0.4, -0.2) is 53.7 Å². The Balaban J connectivity index is 2.08. The number of hydrogen-bond donors (Lipinski definition) is 2. The van der Waals surface area contributed by atoms with Gasteiger partial charge in [-0.2, -0.15) is 0 Å². The van der Waals surface area contributed by atoms with Crippen molar-refractivity contribution >= 4 is 11.8 Å². The Morgan fingerprint density at radius 1 is 1.56 bits per heavy atom. The molecule has 16 heavy (non-hydrogen) atoms. The van der Waals surface area contributed by atoms with Crippen molar-refractivity contribution in [3.05, 3.63) is 18.6 Å². The molecule has 0 aliphatic heterocycles. The monoisotopic (exact) mass is 243 g/mol. The van der Waals surface area contributed by atoms with Gasteiger partial charge in [-0.3, -0.25) is 4.98 Å². The normalized spacial score (nSPS) is 12.6. The summed E-state index contributed by atoms with van der Waals surface area (Å²) < 4.78 is 4.89. The molecule has 0 aliphatic carbocycles. The molecule has 1 heterocycles. The Bertz CT molecular complexity index is 274. The summed E-state index contributed by atoms with van der Waals surface area (Å²) in [5, 5.41) is 13.6. The standard InChI is InChI=1S/C10H17N3O2S/c1-15-5-4-12-6-9(14)8-16-10-7-11-2-3-13-10/h2-3,7,9,12,14H,4-6,8H2,1H3. The second kappa shape index (κ2) is 8.46. The molecule has 1 aromatic heterocycles. The molecule has 1 aromatic rings. The fourth-order valence-electron chi connectivity index (χ4n) is 1.04. The molecule has 0 amide bonds. The summed E-state index contributed by atoms with van der Waals surface area (Å²) in [5.74, 6) is 0.610. The molecule has 0 bridgehead atoms. The van der Waals surface area contributed by atoms with E-state index in [9.17, 15) is 5.11 Å². The van der Waals surface area contributed by atoms with Crippen LogP contribution in [0.3, 0.4) is 0 Å². The van der Waals surface area contributed by atoms with Gasteiger partial charge < -0.3 is 15.2 Å². The average molecular weight is 243 g/mol. The zero-order chi connectivity index (χ0) is 11.6. The fraction of sp³-hybridized carbons (Fsp3) is 0.600. The van der Waals surface area contributed by atoms with Crippen LogP contribution >= 0.6 is 11.8 Å². The average Bonchev–Trinajstić information content (AvgIpc) is 2.33. The second-order valence-electron chi connectivity index (χ2n) is 3.21. The Morgan fingerprint density at radius 2 is 2.44 bits per heavy atom. The second-order valence-corrected chi connectivity index (χ2v) is 4.25. The van der Waals surface area contributed by atoms with Crippen LogP contribution in [0, 0.1) is 0 Å². The number of hydrogen-bond acceptors (Lipinski definition) is 6. The molecular weight excluding hydrogens is 226 g/mol. The van der Waals surface area contributed by atoms with Crippen molar-refractivity contribution in [3.8, 4) is 0 Å². The predicted octanol–water partition coefficient (Wildman–Crippen LogP) is 0.166. The minimum Gasteiger partial charge on any atom is -0.391 e. The zero-order valence-corrected chi connectivity index (χ0v) is 10.1. The highest BCUT2D eigenvalue weighted by atomic mass is 32.2. The number of ether oxygens (including phenoxy) is 1. The van der Waals surface area contributed by atoms with Crippen molar-refractivity contribution in [2.75, 3.05) is 32.6 Å². The first kappa shape index (κ1) is 13.4. The summed E-state index contributed by atoms with van der Waals surface area (Å²) in [6, 6.07) is 0. The Morgan fingerprint density at radius 3 is 3.12 bits per heavy atom. The van der Waals surface area contributed by atoms with E-state index in [1.54, 1.807) is 25.7 Å². The van der Waals surface area contributed by atoms with E-state index in [2.05, 4.69) is 15.3 Å². The maximum atomic E-state index is 9.64. The summed E-state index contributed by atoms with van der Waals surface area (Å²) in [7, 11) is 1.65. The minimum absolute atomic E-state index is 0.385. The van der Waals surface area contributed by atoms with Crippen molar-refractivity contribution in [3.63, 3.8) is 0 Å². The number of rotatable bonds is 8. The van der Waals surface area contributed by atoms with Crippen LogP contribution in [-0.2, 0) is 4.74 Å². The maximum Gasteiger partial charge on any atom is 0.114 e. The van der Waals surface area contributed by atoms with Gasteiger partial charge in [-0.15, -0.1) is 11.8 Å². The third-order valence-electron chi connectivity index (χ3n) is 1.83. The first-order valence-corrected chi connectivity index (χ1v) is 6.08. The van der Waals surface area contributed by atoms with E-state index in [-0.39, 0.29) is 6.10 Å². The molecule has 1 unspecified atom stereocenters. The van der Waals surface area contributed by atoms with Gasteiger partial charge in [0.15, 0.2) is 0 Å². The SMILES string of the molecule is COCCNCC(O)CSc1cnccn1. The lowest BCUT2D eigenvalue weighted by Crippen LogP contribution is -2.30. The quantitative estimate of drug-likeness (QED) is 0.501. The third-order valence-corrected chi connectivity index (χ3v) is 2.88. The molecule has 0 spiro atoms. The summed E-state index contributed by atoms with van der Waals surface area (Å²) in [5.41, 5.74) is 0. The Hall–Kier alpha value is -0.690. The Labute approximate surface area is 99.6 Å². The number of aliphatic hydroxyl groups is 1. The number of nitrogens with one attached hydrogen (secondary N) is 1. The first-order valence-electron chi connectivity index (χ1n) is 5.09. The van der Waals surface area contributed by atoms with Gasteiger partial charge in [0.1, 0.15) is 5.03 Å². The molecule has 5 nitrogen and oxygen atoms in total. The molecule has 0 aliphatic rings. The molecule has 0 saturated heterocycles. The first-order chi connectivity index (χ1) is 7.83. The van der Waals surface area contributed by atoms with Gasteiger partial charge in [0.05, 0.1) is 18.9 Å². The van der Waals surface area contributed by atoms with Crippen LogP contribution in [0.1, 0.15) is 0 Å². The van der Waals surface area contributed by atoms with E-state index in [1.165, 1.54) is 11.8 Å². The summed E-state index contributed by atoms with van der Waals surface area (Å²) in [6.07, 6.45) is 4.58. The smallest absolute Gasteiger partial charge is 0.114 e. The van der Waals surface area contributed by atoms with Gasteiger partial charge in [0, 0.05) is 38.3 Å². The van der Waals surface area contributed by atoms with Crippen molar-refractivity contribution in [1.82, 2.24) is 15.3 Å². The fourth-order valence-corrected chi connectivity index (χ4v) is 1.80. The minimum atomic E-state index is -0.385. The number of aliphatic hydroxyl groups excluding tert-OH is 1. The van der Waals surface area contributed by atoms with E-state index in [4.69, 9.17) is 4.74 Å².